The van der Waals surface area contributed by atoms with Crippen molar-refractivity contribution in [3.63, 3.8) is 0 Å². The molecule has 0 aliphatic rings. The van der Waals surface area contributed by atoms with Gasteiger partial charge in [-0.1, -0.05) is 39.0 Å². The molecule has 1 aromatic rings. The van der Waals surface area contributed by atoms with E-state index < -0.39 is 0 Å². The van der Waals surface area contributed by atoms with Crippen LogP contribution in [-0.4, -0.2) is 21.4 Å². The summed E-state index contributed by atoms with van der Waals surface area (Å²) >= 11 is 5.14. The van der Waals surface area contributed by atoms with E-state index in [4.69, 9.17) is 17.0 Å². The van der Waals surface area contributed by atoms with Gasteiger partial charge in [0, 0.05) is 12.2 Å². The van der Waals surface area contributed by atoms with Crippen LogP contribution in [-0.2, 0) is 11.3 Å². The quantitative estimate of drug-likeness (QED) is 0.560. The van der Waals surface area contributed by atoms with Crippen molar-refractivity contribution in [1.82, 2.24) is 9.78 Å². The zero-order chi connectivity index (χ0) is 15.0. The summed E-state index contributed by atoms with van der Waals surface area (Å²) in [7, 11) is 0. The molecule has 20 heavy (non-hydrogen) atoms. The molecular weight excluding hydrogens is 272 g/mol. The van der Waals surface area contributed by atoms with E-state index in [0.717, 1.165) is 25.1 Å². The van der Waals surface area contributed by atoms with Crippen LogP contribution < -0.4 is 5.56 Å². The minimum atomic E-state index is -0.0606. The van der Waals surface area contributed by atoms with Gasteiger partial charge in [-0.2, -0.15) is 0 Å². The summed E-state index contributed by atoms with van der Waals surface area (Å²) < 4.78 is 6.92. The molecule has 1 N–H and O–H groups in total. The standard InChI is InChI=1S/C15H26N2O2S/c1-4-6-7-8-9-10-11-17-14(18)13(12(3)16-17)15(20)19-5-2/h16H,4-11H2,1-3H3. The number of aromatic amines is 1. The lowest BCUT2D eigenvalue weighted by atomic mass is 10.1. The Morgan fingerprint density at radius 3 is 2.50 bits per heavy atom. The van der Waals surface area contributed by atoms with Crippen LogP contribution in [0.25, 0.3) is 0 Å². The Morgan fingerprint density at radius 2 is 1.85 bits per heavy atom. The van der Waals surface area contributed by atoms with Crippen LogP contribution in [0.1, 0.15) is 63.6 Å². The van der Waals surface area contributed by atoms with E-state index in [9.17, 15) is 4.79 Å². The van der Waals surface area contributed by atoms with E-state index in [1.807, 2.05) is 13.8 Å². The normalized spacial score (nSPS) is 10.8. The predicted molar refractivity (Wildman–Crippen MR) is 86.5 cm³/mol. The molecule has 0 atom stereocenters. The first-order valence-electron chi connectivity index (χ1n) is 7.58. The van der Waals surface area contributed by atoms with Crippen molar-refractivity contribution in [1.29, 1.82) is 0 Å². The fraction of sp³-hybridized carbons (Fsp3) is 0.733. The van der Waals surface area contributed by atoms with E-state index in [0.29, 0.717) is 17.2 Å². The molecule has 1 rings (SSSR count). The summed E-state index contributed by atoms with van der Waals surface area (Å²) in [6.07, 6.45) is 7.27. The zero-order valence-electron chi connectivity index (χ0n) is 12.8. The fourth-order valence-electron chi connectivity index (χ4n) is 2.26. The molecular formula is C15H26N2O2S. The first kappa shape index (κ1) is 17.0. The van der Waals surface area contributed by atoms with Gasteiger partial charge in [-0.25, -0.2) is 0 Å². The lowest BCUT2D eigenvalue weighted by Crippen LogP contribution is -2.22. The lowest BCUT2D eigenvalue weighted by molar-refractivity contribution is 0.337. The first-order chi connectivity index (χ1) is 9.61. The van der Waals surface area contributed by atoms with Gasteiger partial charge in [-0.15, -0.1) is 0 Å². The maximum absolute atomic E-state index is 12.2. The van der Waals surface area contributed by atoms with Crippen LogP contribution in [0.5, 0.6) is 0 Å². The number of hydrogen-bond donors (Lipinski definition) is 1. The molecule has 0 aliphatic carbocycles. The van der Waals surface area contributed by atoms with Crippen LogP contribution in [0.2, 0.25) is 0 Å². The summed E-state index contributed by atoms with van der Waals surface area (Å²) in [5.41, 5.74) is 1.24. The van der Waals surface area contributed by atoms with Crippen molar-refractivity contribution in [2.45, 2.75) is 65.8 Å². The Balaban J connectivity index is 2.53. The molecule has 0 aliphatic heterocycles. The minimum Gasteiger partial charge on any atom is -0.483 e. The van der Waals surface area contributed by atoms with E-state index >= 15 is 0 Å². The van der Waals surface area contributed by atoms with Gasteiger partial charge in [0.1, 0.15) is 5.56 Å². The van der Waals surface area contributed by atoms with Gasteiger partial charge in [0.2, 0.25) is 0 Å². The average Bonchev–Trinajstić information content (AvgIpc) is 2.69. The summed E-state index contributed by atoms with van der Waals surface area (Å²) in [5.74, 6) is 0. The van der Waals surface area contributed by atoms with Crippen molar-refractivity contribution < 1.29 is 4.74 Å². The Kier molecular flexibility index (Phi) is 7.59. The van der Waals surface area contributed by atoms with Gasteiger partial charge in [0.25, 0.3) is 5.56 Å². The third kappa shape index (κ3) is 4.78. The molecule has 0 radical (unpaired) electrons. The molecule has 0 fully saturated rings. The van der Waals surface area contributed by atoms with E-state index in [1.54, 1.807) is 4.68 Å². The average molecular weight is 298 g/mol. The number of thiocarbonyl (C=S) groups is 1. The first-order valence-corrected chi connectivity index (χ1v) is 7.99. The van der Waals surface area contributed by atoms with Gasteiger partial charge >= 0.3 is 0 Å². The van der Waals surface area contributed by atoms with Crippen LogP contribution in [0.4, 0.5) is 0 Å². The molecule has 0 bridgehead atoms. The number of hydrogen-bond acceptors (Lipinski definition) is 3. The Hall–Kier alpha value is -1.10. The van der Waals surface area contributed by atoms with Gasteiger partial charge in [0.15, 0.2) is 5.05 Å². The monoisotopic (exact) mass is 298 g/mol. The van der Waals surface area contributed by atoms with Crippen molar-refractivity contribution in [3.05, 3.63) is 21.6 Å². The lowest BCUT2D eigenvalue weighted by Gasteiger charge is -2.02. The minimum absolute atomic E-state index is 0.0606. The number of H-pyrrole nitrogens is 1. The fourth-order valence-corrected chi connectivity index (χ4v) is 2.61. The summed E-state index contributed by atoms with van der Waals surface area (Å²) in [5, 5.41) is 3.39. The molecule has 0 amide bonds. The van der Waals surface area contributed by atoms with Crippen LogP contribution in [0.3, 0.4) is 0 Å². The number of aryl methyl sites for hydroxylation is 2. The van der Waals surface area contributed by atoms with Crippen molar-refractivity contribution in [3.8, 4) is 0 Å². The van der Waals surface area contributed by atoms with Crippen LogP contribution in [0.15, 0.2) is 4.79 Å². The summed E-state index contributed by atoms with van der Waals surface area (Å²) in [6.45, 7) is 7.15. The maximum atomic E-state index is 12.2. The molecule has 4 nitrogen and oxygen atoms in total. The molecule has 114 valence electrons. The molecule has 0 aromatic carbocycles. The highest BCUT2D eigenvalue weighted by molar-refractivity contribution is 7.80. The molecule has 0 saturated heterocycles. The highest BCUT2D eigenvalue weighted by atomic mass is 32.1. The van der Waals surface area contributed by atoms with Crippen molar-refractivity contribution >= 4 is 17.3 Å². The maximum Gasteiger partial charge on any atom is 0.278 e. The smallest absolute Gasteiger partial charge is 0.278 e. The third-order valence-electron chi connectivity index (χ3n) is 3.35. The number of nitrogens with zero attached hydrogens (tertiary/aromatic N) is 1. The largest absolute Gasteiger partial charge is 0.483 e. The van der Waals surface area contributed by atoms with E-state index in [2.05, 4.69) is 12.0 Å². The SMILES string of the molecule is CCCCCCCCn1[nH]c(C)c(C(=S)OCC)c1=O. The van der Waals surface area contributed by atoms with Gasteiger partial charge in [-0.3, -0.25) is 14.6 Å². The Morgan fingerprint density at radius 1 is 1.20 bits per heavy atom. The number of aromatic nitrogens is 2. The van der Waals surface area contributed by atoms with Gasteiger partial charge < -0.3 is 4.74 Å². The second-order valence-corrected chi connectivity index (χ2v) is 5.43. The molecule has 1 heterocycles. The van der Waals surface area contributed by atoms with Crippen molar-refractivity contribution in [2.75, 3.05) is 6.61 Å². The number of rotatable bonds is 9. The summed E-state index contributed by atoms with van der Waals surface area (Å²) in [6, 6.07) is 0. The van der Waals surface area contributed by atoms with Gasteiger partial charge in [-0.05, 0) is 32.5 Å². The number of ether oxygens (including phenoxy) is 1. The van der Waals surface area contributed by atoms with Gasteiger partial charge in [0.05, 0.1) is 6.61 Å². The highest BCUT2D eigenvalue weighted by Crippen LogP contribution is 2.07. The van der Waals surface area contributed by atoms with Crippen LogP contribution >= 0.6 is 12.2 Å². The highest BCUT2D eigenvalue weighted by Gasteiger charge is 2.16. The predicted octanol–water partition coefficient (Wildman–Crippen LogP) is 3.56. The zero-order valence-corrected chi connectivity index (χ0v) is 13.6. The van der Waals surface area contributed by atoms with Crippen molar-refractivity contribution in [2.24, 2.45) is 0 Å². The second kappa shape index (κ2) is 8.95. The summed E-state index contributed by atoms with van der Waals surface area (Å²) in [4.78, 5) is 12.2. The van der Waals surface area contributed by atoms with E-state index in [-0.39, 0.29) is 5.56 Å². The molecule has 1 aromatic heterocycles. The Labute approximate surface area is 126 Å². The van der Waals surface area contributed by atoms with E-state index in [1.165, 1.54) is 25.7 Å². The number of unbranched alkanes of at least 4 members (excludes halogenated alkanes) is 5. The molecule has 5 heteroatoms. The molecule has 0 spiro atoms. The topological polar surface area (TPSA) is 47.0 Å². The third-order valence-corrected chi connectivity index (χ3v) is 3.67. The molecule has 0 saturated carbocycles. The number of nitrogens with one attached hydrogen (secondary N) is 1. The Bertz CT molecular complexity index is 477. The molecule has 0 unspecified atom stereocenters. The van der Waals surface area contributed by atoms with Crippen LogP contribution in [0, 0.1) is 6.92 Å². The second-order valence-electron chi connectivity index (χ2n) is 5.06.